The van der Waals surface area contributed by atoms with Gasteiger partial charge in [-0.1, -0.05) is 0 Å². The summed E-state index contributed by atoms with van der Waals surface area (Å²) in [5.74, 6) is 0.914. The van der Waals surface area contributed by atoms with E-state index in [2.05, 4.69) is 58.0 Å². The first kappa shape index (κ1) is 13.7. The Balaban J connectivity index is 1.96. The summed E-state index contributed by atoms with van der Waals surface area (Å²) < 4.78 is 2.05. The molecule has 0 aliphatic rings. The molecule has 0 amide bonds. The maximum Gasteiger partial charge on any atom is 0.137 e. The Morgan fingerprint density at radius 3 is 2.79 bits per heavy atom. The van der Waals surface area contributed by atoms with E-state index in [-0.39, 0.29) is 0 Å². The van der Waals surface area contributed by atoms with Gasteiger partial charge in [-0.3, -0.25) is 9.78 Å². The Kier molecular flexibility index (Phi) is 4.31. The second-order valence-corrected chi connectivity index (χ2v) is 4.76. The molecule has 0 bridgehead atoms. The van der Waals surface area contributed by atoms with Crippen molar-refractivity contribution in [2.45, 2.75) is 46.7 Å². The molecular formula is C13H22N6. The molecule has 19 heavy (non-hydrogen) atoms. The van der Waals surface area contributed by atoms with Crippen molar-refractivity contribution in [1.29, 1.82) is 0 Å². The maximum atomic E-state index is 4.56. The van der Waals surface area contributed by atoms with Gasteiger partial charge in [0.15, 0.2) is 0 Å². The second kappa shape index (κ2) is 5.97. The van der Waals surface area contributed by atoms with Gasteiger partial charge in [-0.05, 0) is 27.7 Å². The average Bonchev–Trinajstić information content (AvgIpc) is 2.97. The molecule has 6 heteroatoms. The van der Waals surface area contributed by atoms with Crippen molar-refractivity contribution in [3.8, 4) is 0 Å². The molecular weight excluding hydrogens is 240 g/mol. The van der Waals surface area contributed by atoms with Crippen LogP contribution in [0.2, 0.25) is 0 Å². The first-order valence-corrected chi connectivity index (χ1v) is 6.75. The number of aryl methyl sites for hydroxylation is 2. The zero-order valence-corrected chi connectivity index (χ0v) is 12.1. The average molecular weight is 262 g/mol. The van der Waals surface area contributed by atoms with Crippen LogP contribution in [0.25, 0.3) is 0 Å². The SMILES string of the molecule is CCn1nc(C)c(C(C)NCCc2ncn[nH]2)c1C. The van der Waals surface area contributed by atoms with Crippen molar-refractivity contribution in [3.05, 3.63) is 29.1 Å². The lowest BCUT2D eigenvalue weighted by Crippen LogP contribution is -2.22. The number of hydrogen-bond donors (Lipinski definition) is 2. The fourth-order valence-electron chi connectivity index (χ4n) is 2.51. The van der Waals surface area contributed by atoms with Crippen LogP contribution < -0.4 is 5.32 Å². The highest BCUT2D eigenvalue weighted by Crippen LogP contribution is 2.21. The number of H-pyrrole nitrogens is 1. The third-order valence-electron chi connectivity index (χ3n) is 3.45. The zero-order valence-electron chi connectivity index (χ0n) is 12.1. The predicted octanol–water partition coefficient (Wildman–Crippen LogP) is 1.53. The smallest absolute Gasteiger partial charge is 0.137 e. The number of rotatable bonds is 6. The van der Waals surface area contributed by atoms with Crippen LogP contribution in [0.4, 0.5) is 0 Å². The van der Waals surface area contributed by atoms with Gasteiger partial charge in [0.2, 0.25) is 0 Å². The molecule has 104 valence electrons. The standard InChI is InChI=1S/C13H22N6/c1-5-19-11(4)13(10(3)18-19)9(2)14-7-6-12-15-8-16-17-12/h8-9,14H,5-7H2,1-4H3,(H,15,16,17). The summed E-state index contributed by atoms with van der Waals surface area (Å²) in [5, 5.41) is 14.8. The summed E-state index contributed by atoms with van der Waals surface area (Å²) in [5.41, 5.74) is 3.66. The summed E-state index contributed by atoms with van der Waals surface area (Å²) in [7, 11) is 0. The zero-order chi connectivity index (χ0) is 13.8. The van der Waals surface area contributed by atoms with Crippen molar-refractivity contribution in [2.24, 2.45) is 0 Å². The van der Waals surface area contributed by atoms with Crippen LogP contribution in [0.15, 0.2) is 6.33 Å². The van der Waals surface area contributed by atoms with Gasteiger partial charge < -0.3 is 5.32 Å². The lowest BCUT2D eigenvalue weighted by molar-refractivity contribution is 0.563. The molecule has 6 nitrogen and oxygen atoms in total. The monoisotopic (exact) mass is 262 g/mol. The molecule has 0 aromatic carbocycles. The fraction of sp³-hybridized carbons (Fsp3) is 0.615. The van der Waals surface area contributed by atoms with E-state index in [9.17, 15) is 0 Å². The number of aromatic amines is 1. The number of nitrogens with one attached hydrogen (secondary N) is 2. The minimum Gasteiger partial charge on any atom is -0.310 e. The molecule has 0 saturated carbocycles. The molecule has 0 aliphatic carbocycles. The Bertz CT molecular complexity index is 513. The number of aromatic nitrogens is 5. The van der Waals surface area contributed by atoms with Crippen LogP contribution in [0.3, 0.4) is 0 Å². The number of hydrogen-bond acceptors (Lipinski definition) is 4. The van der Waals surface area contributed by atoms with Crippen molar-refractivity contribution < 1.29 is 0 Å². The molecule has 0 spiro atoms. The summed E-state index contributed by atoms with van der Waals surface area (Å²) in [4.78, 5) is 4.12. The van der Waals surface area contributed by atoms with Gasteiger partial charge in [0.1, 0.15) is 12.2 Å². The Morgan fingerprint density at radius 1 is 1.42 bits per heavy atom. The van der Waals surface area contributed by atoms with Crippen LogP contribution in [-0.2, 0) is 13.0 Å². The van der Waals surface area contributed by atoms with Gasteiger partial charge in [0.25, 0.3) is 0 Å². The van der Waals surface area contributed by atoms with E-state index in [1.54, 1.807) is 6.33 Å². The Morgan fingerprint density at radius 2 is 2.21 bits per heavy atom. The molecule has 2 aromatic heterocycles. The molecule has 1 atom stereocenters. The molecule has 1 unspecified atom stereocenters. The van der Waals surface area contributed by atoms with E-state index >= 15 is 0 Å². The Hall–Kier alpha value is -1.69. The molecule has 0 fully saturated rings. The van der Waals surface area contributed by atoms with E-state index in [4.69, 9.17) is 0 Å². The molecule has 2 rings (SSSR count). The summed E-state index contributed by atoms with van der Waals surface area (Å²) in [6.45, 7) is 10.3. The lowest BCUT2D eigenvalue weighted by atomic mass is 10.1. The van der Waals surface area contributed by atoms with E-state index in [0.29, 0.717) is 6.04 Å². The highest BCUT2D eigenvalue weighted by Gasteiger charge is 2.16. The Labute approximate surface area is 113 Å². The molecule has 0 saturated heterocycles. The van der Waals surface area contributed by atoms with Crippen molar-refractivity contribution in [1.82, 2.24) is 30.3 Å². The van der Waals surface area contributed by atoms with E-state index in [1.165, 1.54) is 11.3 Å². The van der Waals surface area contributed by atoms with Gasteiger partial charge in [0, 0.05) is 36.8 Å². The first-order valence-electron chi connectivity index (χ1n) is 6.75. The van der Waals surface area contributed by atoms with Crippen LogP contribution in [0.5, 0.6) is 0 Å². The molecule has 0 radical (unpaired) electrons. The highest BCUT2D eigenvalue weighted by atomic mass is 15.3. The number of nitrogens with zero attached hydrogens (tertiary/aromatic N) is 4. The van der Waals surface area contributed by atoms with E-state index in [0.717, 1.165) is 31.0 Å². The van der Waals surface area contributed by atoms with Crippen molar-refractivity contribution in [3.63, 3.8) is 0 Å². The van der Waals surface area contributed by atoms with Gasteiger partial charge >= 0.3 is 0 Å². The minimum atomic E-state index is 0.295. The highest BCUT2D eigenvalue weighted by molar-refractivity contribution is 5.27. The van der Waals surface area contributed by atoms with Gasteiger partial charge in [0.05, 0.1) is 5.69 Å². The fourth-order valence-corrected chi connectivity index (χ4v) is 2.51. The predicted molar refractivity (Wildman–Crippen MR) is 73.9 cm³/mol. The summed E-state index contributed by atoms with van der Waals surface area (Å²) >= 11 is 0. The van der Waals surface area contributed by atoms with E-state index < -0.39 is 0 Å². The van der Waals surface area contributed by atoms with Crippen LogP contribution in [-0.4, -0.2) is 31.5 Å². The third kappa shape index (κ3) is 3.01. The maximum absolute atomic E-state index is 4.56. The van der Waals surface area contributed by atoms with Gasteiger partial charge in [-0.15, -0.1) is 0 Å². The van der Waals surface area contributed by atoms with Gasteiger partial charge in [-0.2, -0.15) is 10.2 Å². The minimum absolute atomic E-state index is 0.295. The third-order valence-corrected chi connectivity index (χ3v) is 3.45. The largest absolute Gasteiger partial charge is 0.310 e. The summed E-state index contributed by atoms with van der Waals surface area (Å²) in [6.07, 6.45) is 2.39. The van der Waals surface area contributed by atoms with Crippen LogP contribution >= 0.6 is 0 Å². The lowest BCUT2D eigenvalue weighted by Gasteiger charge is -2.14. The van der Waals surface area contributed by atoms with Crippen LogP contribution in [0, 0.1) is 13.8 Å². The van der Waals surface area contributed by atoms with Crippen LogP contribution in [0.1, 0.15) is 42.7 Å². The molecule has 2 heterocycles. The second-order valence-electron chi connectivity index (χ2n) is 4.76. The summed E-state index contributed by atoms with van der Waals surface area (Å²) in [6, 6.07) is 0.295. The molecule has 2 aromatic rings. The van der Waals surface area contributed by atoms with E-state index in [1.807, 2.05) is 0 Å². The first-order chi connectivity index (χ1) is 9.13. The topological polar surface area (TPSA) is 71.4 Å². The molecule has 2 N–H and O–H groups in total. The normalized spacial score (nSPS) is 12.8. The quantitative estimate of drug-likeness (QED) is 0.828. The van der Waals surface area contributed by atoms with Crippen molar-refractivity contribution >= 4 is 0 Å². The molecule has 0 aliphatic heterocycles. The van der Waals surface area contributed by atoms with Gasteiger partial charge in [-0.25, -0.2) is 4.98 Å². The van der Waals surface area contributed by atoms with Crippen molar-refractivity contribution in [2.75, 3.05) is 6.54 Å².